The van der Waals surface area contributed by atoms with Crippen LogP contribution in [-0.4, -0.2) is 34.1 Å². The lowest BCUT2D eigenvalue weighted by atomic mass is 10.1. The summed E-state index contributed by atoms with van der Waals surface area (Å²) in [7, 11) is 0. The molecule has 1 aliphatic heterocycles. The summed E-state index contributed by atoms with van der Waals surface area (Å²) in [5.41, 5.74) is 3.84. The molecule has 1 aliphatic rings. The number of anilines is 1. The van der Waals surface area contributed by atoms with Crippen molar-refractivity contribution in [1.82, 2.24) is 20.3 Å². The number of nitrogens with one attached hydrogen (secondary N) is 2. The summed E-state index contributed by atoms with van der Waals surface area (Å²) < 4.78 is 0. The molecule has 0 aromatic carbocycles. The normalized spacial score (nSPS) is 14.6. The first-order valence-corrected chi connectivity index (χ1v) is 9.17. The summed E-state index contributed by atoms with van der Waals surface area (Å²) in [5, 5.41) is 5.00. The van der Waals surface area contributed by atoms with Gasteiger partial charge < -0.3 is 15.2 Å². The van der Waals surface area contributed by atoms with Crippen molar-refractivity contribution in [3.05, 3.63) is 40.4 Å². The summed E-state index contributed by atoms with van der Waals surface area (Å²) in [6.07, 6.45) is 0.824. The van der Waals surface area contributed by atoms with Crippen LogP contribution in [0.25, 0.3) is 11.3 Å². The second-order valence-corrected chi connectivity index (χ2v) is 7.46. The molecule has 1 fully saturated rings. The van der Waals surface area contributed by atoms with Crippen LogP contribution in [0.15, 0.2) is 13.2 Å². The SMILES string of the molecule is C=C(NC1CN(c2nc(C)c(C(=C)C)s2)C1)c1nc(Cl)c(CC)[nH]1. The van der Waals surface area contributed by atoms with Crippen LogP contribution in [0, 0.1) is 6.92 Å². The highest BCUT2D eigenvalue weighted by molar-refractivity contribution is 7.16. The molecular weight excluding hydrogens is 342 g/mol. The second-order valence-electron chi connectivity index (χ2n) is 6.12. The zero-order chi connectivity index (χ0) is 17.4. The second kappa shape index (κ2) is 6.61. The van der Waals surface area contributed by atoms with Gasteiger partial charge in [0.25, 0.3) is 0 Å². The largest absolute Gasteiger partial charge is 0.376 e. The number of imidazole rings is 1. The highest BCUT2D eigenvalue weighted by Crippen LogP contribution is 2.33. The molecule has 3 rings (SSSR count). The van der Waals surface area contributed by atoms with Gasteiger partial charge in [0.1, 0.15) is 0 Å². The minimum absolute atomic E-state index is 0.337. The molecule has 7 heteroatoms. The highest BCUT2D eigenvalue weighted by Gasteiger charge is 2.30. The van der Waals surface area contributed by atoms with Crippen LogP contribution >= 0.6 is 22.9 Å². The number of aromatic amines is 1. The predicted molar refractivity (Wildman–Crippen MR) is 103 cm³/mol. The van der Waals surface area contributed by atoms with Crippen molar-refractivity contribution in [1.29, 1.82) is 0 Å². The lowest BCUT2D eigenvalue weighted by molar-refractivity contribution is 0.470. The molecule has 2 aromatic rings. The number of aromatic nitrogens is 3. The van der Waals surface area contributed by atoms with Gasteiger partial charge in [-0.3, -0.25) is 0 Å². The number of allylic oxidation sites excluding steroid dienone is 1. The van der Waals surface area contributed by atoms with Crippen molar-refractivity contribution in [2.75, 3.05) is 18.0 Å². The van der Waals surface area contributed by atoms with E-state index in [0.717, 1.165) is 47.3 Å². The van der Waals surface area contributed by atoms with Crippen molar-refractivity contribution in [2.24, 2.45) is 0 Å². The number of aryl methyl sites for hydroxylation is 2. The smallest absolute Gasteiger partial charge is 0.186 e. The van der Waals surface area contributed by atoms with Gasteiger partial charge in [0.05, 0.1) is 28.0 Å². The maximum atomic E-state index is 6.09. The zero-order valence-corrected chi connectivity index (χ0v) is 15.8. The fourth-order valence-corrected chi connectivity index (χ4v) is 4.00. The molecule has 128 valence electrons. The predicted octanol–water partition coefficient (Wildman–Crippen LogP) is 3.87. The number of rotatable bonds is 6. The Labute approximate surface area is 151 Å². The average molecular weight is 364 g/mol. The van der Waals surface area contributed by atoms with E-state index in [0.29, 0.717) is 17.0 Å². The van der Waals surface area contributed by atoms with Crippen LogP contribution in [-0.2, 0) is 6.42 Å². The Balaban J connectivity index is 1.57. The summed E-state index contributed by atoms with van der Waals surface area (Å²) in [5.74, 6) is 0.713. The molecule has 0 aliphatic carbocycles. The Morgan fingerprint density at radius 3 is 2.67 bits per heavy atom. The van der Waals surface area contributed by atoms with Gasteiger partial charge >= 0.3 is 0 Å². The molecule has 0 unspecified atom stereocenters. The van der Waals surface area contributed by atoms with Crippen LogP contribution in [0.4, 0.5) is 5.13 Å². The Bertz CT molecular complexity index is 785. The van der Waals surface area contributed by atoms with Gasteiger partial charge in [-0.2, -0.15) is 0 Å². The van der Waals surface area contributed by atoms with Gasteiger partial charge in [-0.1, -0.05) is 43.0 Å². The van der Waals surface area contributed by atoms with E-state index in [2.05, 4.69) is 38.3 Å². The molecule has 2 aromatic heterocycles. The van der Waals surface area contributed by atoms with E-state index in [4.69, 9.17) is 11.6 Å². The van der Waals surface area contributed by atoms with E-state index in [1.54, 1.807) is 11.3 Å². The fraction of sp³-hybridized carbons (Fsp3) is 0.412. The Hall–Kier alpha value is -1.79. The van der Waals surface area contributed by atoms with Crippen molar-refractivity contribution in [3.63, 3.8) is 0 Å². The molecule has 0 spiro atoms. The van der Waals surface area contributed by atoms with Crippen molar-refractivity contribution in [2.45, 2.75) is 33.2 Å². The van der Waals surface area contributed by atoms with Crippen LogP contribution < -0.4 is 10.2 Å². The molecule has 0 amide bonds. The van der Waals surface area contributed by atoms with E-state index >= 15 is 0 Å². The zero-order valence-electron chi connectivity index (χ0n) is 14.2. The standard InChI is InChI=1S/C17H22ClN5S/c1-6-13-15(18)22-16(21-13)11(5)19-12-7-23(8-12)17-20-10(4)14(24-17)9(2)3/h12,19H,2,5-8H2,1,3-4H3,(H,21,22). The number of thiazole rings is 1. The maximum absolute atomic E-state index is 6.09. The minimum atomic E-state index is 0.337. The number of hydrogen-bond donors (Lipinski definition) is 2. The summed E-state index contributed by atoms with van der Waals surface area (Å²) in [4.78, 5) is 15.6. The van der Waals surface area contributed by atoms with Gasteiger partial charge in [-0.25, -0.2) is 9.97 Å². The van der Waals surface area contributed by atoms with Crippen LogP contribution in [0.1, 0.15) is 35.9 Å². The number of H-pyrrole nitrogens is 1. The molecule has 0 bridgehead atoms. The van der Waals surface area contributed by atoms with E-state index in [9.17, 15) is 0 Å². The molecule has 2 N–H and O–H groups in total. The molecule has 0 atom stereocenters. The number of hydrogen-bond acceptors (Lipinski definition) is 5. The van der Waals surface area contributed by atoms with E-state index < -0.39 is 0 Å². The van der Waals surface area contributed by atoms with Crippen molar-refractivity contribution in [3.8, 4) is 0 Å². The van der Waals surface area contributed by atoms with Gasteiger partial charge in [0.2, 0.25) is 0 Å². The Morgan fingerprint density at radius 1 is 1.42 bits per heavy atom. The Kier molecular flexibility index (Phi) is 4.69. The first kappa shape index (κ1) is 17.0. The van der Waals surface area contributed by atoms with E-state index in [-0.39, 0.29) is 0 Å². The molecule has 0 saturated carbocycles. The molecular formula is C17H22ClN5S. The Morgan fingerprint density at radius 2 is 2.12 bits per heavy atom. The van der Waals surface area contributed by atoms with Gasteiger partial charge in [-0.05, 0) is 25.8 Å². The van der Waals surface area contributed by atoms with E-state index in [1.807, 2.05) is 20.8 Å². The van der Waals surface area contributed by atoms with Crippen LogP contribution in [0.3, 0.4) is 0 Å². The average Bonchev–Trinajstić information content (AvgIpc) is 3.05. The summed E-state index contributed by atoms with van der Waals surface area (Å²) >= 11 is 7.79. The van der Waals surface area contributed by atoms with Crippen molar-refractivity contribution >= 4 is 39.3 Å². The lowest BCUT2D eigenvalue weighted by Crippen LogP contribution is -2.57. The van der Waals surface area contributed by atoms with Gasteiger partial charge in [0.15, 0.2) is 16.1 Å². The first-order valence-electron chi connectivity index (χ1n) is 7.97. The quantitative estimate of drug-likeness (QED) is 0.817. The summed E-state index contributed by atoms with van der Waals surface area (Å²) in [6, 6.07) is 0.337. The maximum Gasteiger partial charge on any atom is 0.186 e. The van der Waals surface area contributed by atoms with Crippen molar-refractivity contribution < 1.29 is 0 Å². The number of halogens is 1. The molecule has 24 heavy (non-hydrogen) atoms. The van der Waals surface area contributed by atoms with Crippen LogP contribution in [0.2, 0.25) is 5.15 Å². The molecule has 0 radical (unpaired) electrons. The fourth-order valence-electron chi connectivity index (χ4n) is 2.72. The molecule has 5 nitrogen and oxygen atoms in total. The first-order chi connectivity index (χ1) is 11.4. The van der Waals surface area contributed by atoms with Gasteiger partial charge in [-0.15, -0.1) is 0 Å². The third-order valence-corrected chi connectivity index (χ3v) is 5.76. The molecule has 1 saturated heterocycles. The highest BCUT2D eigenvalue weighted by atomic mass is 35.5. The van der Waals surface area contributed by atoms with Gasteiger partial charge in [0, 0.05) is 13.1 Å². The third-order valence-electron chi connectivity index (χ3n) is 4.07. The number of nitrogens with zero attached hydrogens (tertiary/aromatic N) is 3. The monoisotopic (exact) mass is 363 g/mol. The summed E-state index contributed by atoms with van der Waals surface area (Å²) in [6.45, 7) is 16.0. The topological polar surface area (TPSA) is 56.8 Å². The van der Waals surface area contributed by atoms with E-state index in [1.165, 1.54) is 4.88 Å². The molecule has 3 heterocycles. The third kappa shape index (κ3) is 3.21. The minimum Gasteiger partial charge on any atom is -0.376 e. The lowest BCUT2D eigenvalue weighted by Gasteiger charge is -2.40. The van der Waals surface area contributed by atoms with Crippen LogP contribution in [0.5, 0.6) is 0 Å².